The molecule has 1 aromatic carbocycles. The number of aromatic nitrogens is 1. The zero-order valence-electron chi connectivity index (χ0n) is 13.1. The van der Waals surface area contributed by atoms with E-state index in [2.05, 4.69) is 52.3 Å². The molecule has 3 heteroatoms. The van der Waals surface area contributed by atoms with Crippen LogP contribution in [0.2, 0.25) is 0 Å². The average molecular weight is 294 g/mol. The summed E-state index contributed by atoms with van der Waals surface area (Å²) in [4.78, 5) is 7.18. The number of hydrogen-bond donors (Lipinski definition) is 0. The molecule has 2 aliphatic rings. The van der Waals surface area contributed by atoms with E-state index in [9.17, 15) is 0 Å². The molecule has 22 heavy (non-hydrogen) atoms. The molecule has 0 unspecified atom stereocenters. The van der Waals surface area contributed by atoms with Gasteiger partial charge >= 0.3 is 0 Å². The number of pyridine rings is 1. The second-order valence-electron chi connectivity index (χ2n) is 6.49. The zero-order valence-corrected chi connectivity index (χ0v) is 13.1. The van der Waals surface area contributed by atoms with Crippen LogP contribution in [0.15, 0.2) is 42.5 Å². The summed E-state index contributed by atoms with van der Waals surface area (Å²) in [7, 11) is 0. The molecule has 114 valence electrons. The third kappa shape index (κ3) is 2.44. The van der Waals surface area contributed by atoms with E-state index >= 15 is 0 Å². The molecule has 2 aromatic rings. The number of likely N-dealkylation sites (tertiary alicyclic amines) is 1. The first-order valence-corrected chi connectivity index (χ1v) is 8.12. The Hall–Kier alpha value is -1.71. The summed E-state index contributed by atoms with van der Waals surface area (Å²) in [6, 6.07) is 15.1. The molecule has 1 spiro atoms. The average Bonchev–Trinajstić information content (AvgIpc) is 2.89. The molecule has 1 saturated heterocycles. The van der Waals surface area contributed by atoms with Gasteiger partial charge in [-0.1, -0.05) is 36.4 Å². The number of piperidine rings is 1. The number of fused-ring (bicyclic) bond motifs is 2. The van der Waals surface area contributed by atoms with Gasteiger partial charge in [-0.05, 0) is 31.4 Å². The third-order valence-corrected chi connectivity index (χ3v) is 5.00. The molecule has 0 atom stereocenters. The summed E-state index contributed by atoms with van der Waals surface area (Å²) < 4.78 is 6.22. The lowest BCUT2D eigenvalue weighted by molar-refractivity contribution is -0.0801. The number of nitrogens with zero attached hydrogens (tertiary/aromatic N) is 2. The van der Waals surface area contributed by atoms with Crippen molar-refractivity contribution < 1.29 is 4.74 Å². The smallest absolute Gasteiger partial charge is 0.0979 e. The van der Waals surface area contributed by atoms with E-state index in [-0.39, 0.29) is 5.60 Å². The Kier molecular flexibility index (Phi) is 3.47. The minimum Gasteiger partial charge on any atom is -0.364 e. The van der Waals surface area contributed by atoms with Crippen molar-refractivity contribution in [1.29, 1.82) is 0 Å². The zero-order chi connectivity index (χ0) is 15.0. The van der Waals surface area contributed by atoms with Gasteiger partial charge in [-0.15, -0.1) is 0 Å². The van der Waals surface area contributed by atoms with E-state index in [1.54, 1.807) is 0 Å². The molecule has 3 heterocycles. The van der Waals surface area contributed by atoms with Crippen LogP contribution in [-0.2, 0) is 23.5 Å². The molecule has 3 nitrogen and oxygen atoms in total. The molecule has 0 aliphatic carbocycles. The maximum Gasteiger partial charge on any atom is 0.0979 e. The van der Waals surface area contributed by atoms with Crippen LogP contribution in [0.5, 0.6) is 0 Å². The maximum absolute atomic E-state index is 6.22. The van der Waals surface area contributed by atoms with Crippen molar-refractivity contribution in [3.8, 4) is 0 Å². The van der Waals surface area contributed by atoms with E-state index in [1.807, 2.05) is 6.92 Å². The number of aryl methyl sites for hydroxylation is 1. The van der Waals surface area contributed by atoms with Gasteiger partial charge in [0.15, 0.2) is 0 Å². The van der Waals surface area contributed by atoms with Gasteiger partial charge in [-0.2, -0.15) is 0 Å². The highest BCUT2D eigenvalue weighted by molar-refractivity contribution is 5.32. The molecule has 0 N–H and O–H groups in total. The van der Waals surface area contributed by atoms with Crippen LogP contribution >= 0.6 is 0 Å². The van der Waals surface area contributed by atoms with Crippen molar-refractivity contribution in [2.45, 2.75) is 38.5 Å². The Morgan fingerprint density at radius 2 is 1.86 bits per heavy atom. The Morgan fingerprint density at radius 1 is 1.09 bits per heavy atom. The van der Waals surface area contributed by atoms with Crippen LogP contribution in [-0.4, -0.2) is 23.0 Å². The van der Waals surface area contributed by atoms with Gasteiger partial charge in [0, 0.05) is 30.9 Å². The van der Waals surface area contributed by atoms with Gasteiger partial charge in [0.1, 0.15) is 0 Å². The second kappa shape index (κ2) is 5.49. The van der Waals surface area contributed by atoms with Crippen LogP contribution in [0.3, 0.4) is 0 Å². The van der Waals surface area contributed by atoms with Crippen LogP contribution in [0.25, 0.3) is 0 Å². The maximum atomic E-state index is 6.22. The molecule has 1 fully saturated rings. The van der Waals surface area contributed by atoms with Crippen molar-refractivity contribution in [2.24, 2.45) is 0 Å². The van der Waals surface area contributed by atoms with E-state index in [0.717, 1.165) is 43.9 Å². The number of ether oxygens (including phenoxy) is 1. The highest BCUT2D eigenvalue weighted by Crippen LogP contribution is 2.43. The van der Waals surface area contributed by atoms with E-state index in [1.165, 1.54) is 11.1 Å². The lowest BCUT2D eigenvalue weighted by atomic mass is 9.85. The minimum absolute atomic E-state index is 0.0801. The monoisotopic (exact) mass is 294 g/mol. The van der Waals surface area contributed by atoms with Gasteiger partial charge in [-0.25, -0.2) is 0 Å². The molecule has 4 rings (SSSR count). The molecule has 0 amide bonds. The first kappa shape index (κ1) is 13.9. The Bertz CT molecular complexity index is 660. The van der Waals surface area contributed by atoms with Gasteiger partial charge in [-0.3, -0.25) is 9.88 Å². The van der Waals surface area contributed by atoms with Crippen LogP contribution in [0, 0.1) is 6.92 Å². The standard InChI is InChI=1S/C19H22N2O/c1-15-7-8-17-18(20-15)14-22-19(17)9-11-21(12-10-19)13-16-5-3-2-4-6-16/h2-8H,9-14H2,1H3. The van der Waals surface area contributed by atoms with Gasteiger partial charge < -0.3 is 4.74 Å². The van der Waals surface area contributed by atoms with Crippen molar-refractivity contribution in [2.75, 3.05) is 13.1 Å². The Morgan fingerprint density at radius 3 is 2.64 bits per heavy atom. The normalized spacial score (nSPS) is 20.2. The first-order valence-electron chi connectivity index (χ1n) is 8.12. The SMILES string of the molecule is Cc1ccc2c(n1)COC21CCN(Cc2ccccc2)CC1. The highest BCUT2D eigenvalue weighted by Gasteiger charge is 2.43. The lowest BCUT2D eigenvalue weighted by Gasteiger charge is -2.39. The van der Waals surface area contributed by atoms with Crippen molar-refractivity contribution in [3.63, 3.8) is 0 Å². The van der Waals surface area contributed by atoms with Crippen LogP contribution in [0.1, 0.15) is 35.4 Å². The Balaban J connectivity index is 1.47. The van der Waals surface area contributed by atoms with E-state index in [4.69, 9.17) is 4.74 Å². The first-order chi connectivity index (χ1) is 10.8. The second-order valence-corrected chi connectivity index (χ2v) is 6.49. The fourth-order valence-corrected chi connectivity index (χ4v) is 3.75. The third-order valence-electron chi connectivity index (χ3n) is 5.00. The molecule has 2 aliphatic heterocycles. The lowest BCUT2D eigenvalue weighted by Crippen LogP contribution is -2.42. The molecular formula is C19H22N2O. The summed E-state index contributed by atoms with van der Waals surface area (Å²) in [5.74, 6) is 0. The van der Waals surface area contributed by atoms with Gasteiger partial charge in [0.05, 0.1) is 17.9 Å². The predicted molar refractivity (Wildman–Crippen MR) is 86.4 cm³/mol. The number of benzene rings is 1. The Labute approximate surface area is 131 Å². The topological polar surface area (TPSA) is 25.4 Å². The summed E-state index contributed by atoms with van der Waals surface area (Å²) >= 11 is 0. The van der Waals surface area contributed by atoms with Crippen molar-refractivity contribution in [3.05, 3.63) is 65.0 Å². The fourth-order valence-electron chi connectivity index (χ4n) is 3.75. The molecule has 0 radical (unpaired) electrons. The van der Waals surface area contributed by atoms with Gasteiger partial charge in [0.2, 0.25) is 0 Å². The molecule has 1 aromatic heterocycles. The largest absolute Gasteiger partial charge is 0.364 e. The summed E-state index contributed by atoms with van der Waals surface area (Å²) in [6.45, 7) is 5.93. The van der Waals surface area contributed by atoms with E-state index < -0.39 is 0 Å². The number of rotatable bonds is 2. The molecular weight excluding hydrogens is 272 g/mol. The summed E-state index contributed by atoms with van der Waals surface area (Å²) in [5, 5.41) is 0. The predicted octanol–water partition coefficient (Wildman–Crippen LogP) is 3.41. The highest BCUT2D eigenvalue weighted by atomic mass is 16.5. The van der Waals surface area contributed by atoms with Crippen molar-refractivity contribution >= 4 is 0 Å². The van der Waals surface area contributed by atoms with Crippen molar-refractivity contribution in [1.82, 2.24) is 9.88 Å². The summed E-state index contributed by atoms with van der Waals surface area (Å²) in [5.41, 5.74) is 4.88. The molecule has 0 bridgehead atoms. The van der Waals surface area contributed by atoms with E-state index in [0.29, 0.717) is 6.61 Å². The molecule has 0 saturated carbocycles. The van der Waals surface area contributed by atoms with Crippen LogP contribution < -0.4 is 0 Å². The fraction of sp³-hybridized carbons (Fsp3) is 0.421. The summed E-state index contributed by atoms with van der Waals surface area (Å²) in [6.07, 6.45) is 2.13. The minimum atomic E-state index is -0.0801. The number of hydrogen-bond acceptors (Lipinski definition) is 3. The van der Waals surface area contributed by atoms with Crippen LogP contribution in [0.4, 0.5) is 0 Å². The van der Waals surface area contributed by atoms with Gasteiger partial charge in [0.25, 0.3) is 0 Å². The quantitative estimate of drug-likeness (QED) is 0.848.